The number of likely N-dealkylation sites (N-methyl/N-ethyl adjacent to an activating group) is 1. The van der Waals surface area contributed by atoms with Crippen LogP contribution in [0.1, 0.15) is 29.2 Å². The van der Waals surface area contributed by atoms with Gasteiger partial charge < -0.3 is 5.32 Å². The predicted octanol–water partition coefficient (Wildman–Crippen LogP) is 4.19. The Balaban J connectivity index is 2.31. The van der Waals surface area contributed by atoms with Gasteiger partial charge in [-0.1, -0.05) is 11.6 Å². The summed E-state index contributed by atoms with van der Waals surface area (Å²) in [5.74, 6) is 0. The fourth-order valence-corrected chi connectivity index (χ4v) is 4.11. The van der Waals surface area contributed by atoms with Gasteiger partial charge in [-0.2, -0.15) is 5.10 Å². The maximum absolute atomic E-state index is 6.38. The molecule has 0 saturated heterocycles. The van der Waals surface area contributed by atoms with E-state index in [4.69, 9.17) is 11.6 Å². The number of thiophene rings is 1. The van der Waals surface area contributed by atoms with Gasteiger partial charge in [0, 0.05) is 28.4 Å². The van der Waals surface area contributed by atoms with Crippen LogP contribution in [-0.2, 0) is 13.0 Å². The van der Waals surface area contributed by atoms with Gasteiger partial charge >= 0.3 is 0 Å². The molecular formula is C13H17BrClN3S. The summed E-state index contributed by atoms with van der Waals surface area (Å²) in [5.41, 5.74) is 2.00. The monoisotopic (exact) mass is 361 g/mol. The Morgan fingerprint density at radius 3 is 2.84 bits per heavy atom. The third-order valence-electron chi connectivity index (χ3n) is 3.16. The van der Waals surface area contributed by atoms with Gasteiger partial charge in [-0.3, -0.25) is 4.68 Å². The molecule has 2 aromatic rings. The number of hydrogen-bond donors (Lipinski definition) is 1. The summed E-state index contributed by atoms with van der Waals surface area (Å²) in [7, 11) is 1.98. The zero-order chi connectivity index (χ0) is 14.0. The van der Waals surface area contributed by atoms with Crippen LogP contribution in [0.25, 0.3) is 0 Å². The van der Waals surface area contributed by atoms with Gasteiger partial charge in [-0.15, -0.1) is 11.3 Å². The van der Waals surface area contributed by atoms with Crippen molar-refractivity contribution in [1.29, 1.82) is 0 Å². The number of rotatable bonds is 5. The minimum atomic E-state index is 0.244. The zero-order valence-electron chi connectivity index (χ0n) is 11.2. The fourth-order valence-electron chi connectivity index (χ4n) is 2.14. The molecule has 0 saturated carbocycles. The topological polar surface area (TPSA) is 29.9 Å². The standard InChI is InChI=1S/C13H17BrClN3S/c1-4-18-11(12(15)8(2)17-18)7-10(16-3)13-9(14)5-6-19-13/h5-6,10,16H,4,7H2,1-3H3. The van der Waals surface area contributed by atoms with E-state index in [1.54, 1.807) is 11.3 Å². The van der Waals surface area contributed by atoms with Crippen LogP contribution in [0.2, 0.25) is 5.02 Å². The van der Waals surface area contributed by atoms with Crippen LogP contribution in [-0.4, -0.2) is 16.8 Å². The molecule has 0 amide bonds. The summed E-state index contributed by atoms with van der Waals surface area (Å²) in [6.45, 7) is 4.88. The van der Waals surface area contributed by atoms with Gasteiger partial charge in [0.05, 0.1) is 16.4 Å². The van der Waals surface area contributed by atoms with E-state index in [0.29, 0.717) is 0 Å². The van der Waals surface area contributed by atoms with Crippen molar-refractivity contribution in [3.63, 3.8) is 0 Å². The third-order valence-corrected chi connectivity index (χ3v) is 5.64. The first-order chi connectivity index (χ1) is 9.08. The number of halogens is 2. The van der Waals surface area contributed by atoms with Crippen molar-refractivity contribution >= 4 is 38.9 Å². The first-order valence-electron chi connectivity index (χ1n) is 6.20. The minimum absolute atomic E-state index is 0.244. The highest BCUT2D eigenvalue weighted by Crippen LogP contribution is 2.33. The second-order valence-corrected chi connectivity index (χ2v) is 6.52. The van der Waals surface area contributed by atoms with Crippen LogP contribution in [0.5, 0.6) is 0 Å². The molecule has 1 atom stereocenters. The second kappa shape index (κ2) is 6.39. The number of aromatic nitrogens is 2. The molecule has 0 radical (unpaired) electrons. The molecule has 0 fully saturated rings. The summed E-state index contributed by atoms with van der Waals surface area (Å²) >= 11 is 11.7. The van der Waals surface area contributed by atoms with E-state index in [-0.39, 0.29) is 6.04 Å². The van der Waals surface area contributed by atoms with Crippen molar-refractivity contribution in [2.24, 2.45) is 0 Å². The predicted molar refractivity (Wildman–Crippen MR) is 85.2 cm³/mol. The largest absolute Gasteiger partial charge is 0.312 e. The molecule has 0 aliphatic carbocycles. The SMILES string of the molecule is CCn1nc(C)c(Cl)c1CC(NC)c1sccc1Br. The molecule has 2 rings (SSSR count). The fraction of sp³-hybridized carbons (Fsp3) is 0.462. The molecule has 1 N–H and O–H groups in total. The summed E-state index contributed by atoms with van der Waals surface area (Å²) in [6, 6.07) is 2.32. The van der Waals surface area contributed by atoms with Crippen molar-refractivity contribution in [1.82, 2.24) is 15.1 Å². The molecule has 0 aliphatic rings. The quantitative estimate of drug-likeness (QED) is 0.864. The van der Waals surface area contributed by atoms with E-state index >= 15 is 0 Å². The minimum Gasteiger partial charge on any atom is -0.312 e. The van der Waals surface area contributed by atoms with Crippen molar-refractivity contribution in [2.45, 2.75) is 32.9 Å². The smallest absolute Gasteiger partial charge is 0.0847 e. The number of hydrogen-bond acceptors (Lipinski definition) is 3. The van der Waals surface area contributed by atoms with Crippen molar-refractivity contribution in [3.8, 4) is 0 Å². The molecule has 1 unspecified atom stereocenters. The lowest BCUT2D eigenvalue weighted by molar-refractivity contribution is 0.545. The van der Waals surface area contributed by atoms with Crippen LogP contribution in [0.3, 0.4) is 0 Å². The van der Waals surface area contributed by atoms with Gasteiger partial charge in [-0.05, 0) is 48.3 Å². The van der Waals surface area contributed by atoms with Crippen LogP contribution < -0.4 is 5.32 Å². The number of aryl methyl sites for hydroxylation is 2. The van der Waals surface area contributed by atoms with E-state index in [2.05, 4.69) is 44.7 Å². The molecule has 2 aromatic heterocycles. The maximum atomic E-state index is 6.38. The van der Waals surface area contributed by atoms with Crippen LogP contribution in [0, 0.1) is 6.92 Å². The third kappa shape index (κ3) is 3.05. The molecular weight excluding hydrogens is 346 g/mol. The highest BCUT2D eigenvalue weighted by molar-refractivity contribution is 9.10. The summed E-state index contributed by atoms with van der Waals surface area (Å²) < 4.78 is 3.14. The number of nitrogens with zero attached hydrogens (tertiary/aromatic N) is 2. The molecule has 19 heavy (non-hydrogen) atoms. The zero-order valence-corrected chi connectivity index (χ0v) is 14.4. The molecule has 0 bridgehead atoms. The van der Waals surface area contributed by atoms with E-state index < -0.39 is 0 Å². The average molecular weight is 363 g/mol. The first-order valence-corrected chi connectivity index (χ1v) is 8.25. The highest BCUT2D eigenvalue weighted by atomic mass is 79.9. The second-order valence-electron chi connectivity index (χ2n) is 4.34. The molecule has 0 aliphatic heterocycles. The van der Waals surface area contributed by atoms with E-state index in [0.717, 1.165) is 33.8 Å². The van der Waals surface area contributed by atoms with Crippen molar-refractivity contribution in [3.05, 3.63) is 37.2 Å². The molecule has 6 heteroatoms. The van der Waals surface area contributed by atoms with E-state index in [9.17, 15) is 0 Å². The van der Waals surface area contributed by atoms with E-state index in [1.807, 2.05) is 18.7 Å². The van der Waals surface area contributed by atoms with Crippen molar-refractivity contribution in [2.75, 3.05) is 7.05 Å². The average Bonchev–Trinajstić information content (AvgIpc) is 2.93. The lowest BCUT2D eigenvalue weighted by Gasteiger charge is -2.16. The lowest BCUT2D eigenvalue weighted by atomic mass is 10.1. The van der Waals surface area contributed by atoms with Gasteiger partial charge in [-0.25, -0.2) is 0 Å². The summed E-state index contributed by atoms with van der Waals surface area (Å²) in [6.07, 6.45) is 0.836. The number of nitrogens with one attached hydrogen (secondary N) is 1. The van der Waals surface area contributed by atoms with Crippen LogP contribution in [0.4, 0.5) is 0 Å². The summed E-state index contributed by atoms with van der Waals surface area (Å²) in [5, 5.41) is 10.7. The molecule has 0 aromatic carbocycles. The Morgan fingerprint density at radius 2 is 2.32 bits per heavy atom. The van der Waals surface area contributed by atoms with Crippen LogP contribution in [0.15, 0.2) is 15.9 Å². The normalized spacial score (nSPS) is 12.9. The molecule has 104 valence electrons. The Hall–Kier alpha value is -0.360. The Bertz CT molecular complexity index is 564. The van der Waals surface area contributed by atoms with Gasteiger partial charge in [0.25, 0.3) is 0 Å². The van der Waals surface area contributed by atoms with Crippen molar-refractivity contribution < 1.29 is 0 Å². The molecule has 2 heterocycles. The van der Waals surface area contributed by atoms with E-state index in [1.165, 1.54) is 4.88 Å². The Labute approximate surface area is 131 Å². The first kappa shape index (κ1) is 15.0. The van der Waals surface area contributed by atoms with Gasteiger partial charge in [0.2, 0.25) is 0 Å². The lowest BCUT2D eigenvalue weighted by Crippen LogP contribution is -2.20. The Kier molecular flexibility index (Phi) is 5.06. The van der Waals surface area contributed by atoms with Gasteiger partial charge in [0.15, 0.2) is 0 Å². The summed E-state index contributed by atoms with van der Waals surface area (Å²) in [4.78, 5) is 1.29. The Morgan fingerprint density at radius 1 is 1.58 bits per heavy atom. The van der Waals surface area contributed by atoms with Gasteiger partial charge in [0.1, 0.15) is 0 Å². The van der Waals surface area contributed by atoms with Crippen LogP contribution >= 0.6 is 38.9 Å². The maximum Gasteiger partial charge on any atom is 0.0847 e. The molecule has 0 spiro atoms. The molecule has 3 nitrogen and oxygen atoms in total. The highest BCUT2D eigenvalue weighted by Gasteiger charge is 2.20.